The van der Waals surface area contributed by atoms with Gasteiger partial charge < -0.3 is 19.7 Å². The molecule has 0 spiro atoms. The second-order valence-electron chi connectivity index (χ2n) is 6.19. The molecule has 0 heterocycles. The van der Waals surface area contributed by atoms with E-state index in [1.807, 2.05) is 38.4 Å². The first-order chi connectivity index (χ1) is 12.4. The standard InChI is InChI=1S/C20H25ClN2O3/c1-23(2)18(14-6-5-7-17(11-14)25-3)13-22-20(24)12-15-10-16(21)8-9-19(15)26-4/h5-11,18H,12-13H2,1-4H3,(H,22,24). The minimum absolute atomic E-state index is 0.0373. The maximum absolute atomic E-state index is 12.4. The van der Waals surface area contributed by atoms with Crippen LogP contribution in [0.5, 0.6) is 11.5 Å². The van der Waals surface area contributed by atoms with E-state index in [0.717, 1.165) is 16.9 Å². The number of carbonyl (C=O) groups excluding carboxylic acids is 1. The number of benzene rings is 2. The van der Waals surface area contributed by atoms with Crippen molar-refractivity contribution in [3.8, 4) is 11.5 Å². The molecule has 1 atom stereocenters. The number of rotatable bonds is 8. The van der Waals surface area contributed by atoms with Crippen LogP contribution < -0.4 is 14.8 Å². The molecule has 2 rings (SSSR count). The molecule has 0 radical (unpaired) electrons. The van der Waals surface area contributed by atoms with Gasteiger partial charge in [0.2, 0.25) is 5.91 Å². The molecule has 0 aliphatic rings. The lowest BCUT2D eigenvalue weighted by Crippen LogP contribution is -2.35. The Balaban J connectivity index is 2.05. The Morgan fingerprint density at radius 2 is 1.92 bits per heavy atom. The maximum atomic E-state index is 12.4. The third-order valence-corrected chi connectivity index (χ3v) is 4.42. The third-order valence-electron chi connectivity index (χ3n) is 4.19. The molecule has 6 heteroatoms. The molecule has 0 aliphatic carbocycles. The van der Waals surface area contributed by atoms with Gasteiger partial charge in [-0.1, -0.05) is 23.7 Å². The van der Waals surface area contributed by atoms with E-state index in [0.29, 0.717) is 17.3 Å². The summed E-state index contributed by atoms with van der Waals surface area (Å²) in [6.07, 6.45) is 0.210. The van der Waals surface area contributed by atoms with Crippen LogP contribution in [0.1, 0.15) is 17.2 Å². The van der Waals surface area contributed by atoms with Crippen molar-refractivity contribution >= 4 is 17.5 Å². The van der Waals surface area contributed by atoms with Crippen molar-refractivity contribution in [2.45, 2.75) is 12.5 Å². The van der Waals surface area contributed by atoms with Gasteiger partial charge in [-0.05, 0) is 50.0 Å². The molecule has 0 aromatic heterocycles. The van der Waals surface area contributed by atoms with Crippen molar-refractivity contribution in [1.82, 2.24) is 10.2 Å². The van der Waals surface area contributed by atoms with Crippen molar-refractivity contribution in [3.63, 3.8) is 0 Å². The third kappa shape index (κ3) is 5.38. The van der Waals surface area contributed by atoms with Gasteiger partial charge in [0, 0.05) is 17.1 Å². The minimum atomic E-state index is -0.0830. The molecule has 0 fully saturated rings. The summed E-state index contributed by atoms with van der Waals surface area (Å²) >= 11 is 6.03. The Labute approximate surface area is 159 Å². The Morgan fingerprint density at radius 3 is 2.58 bits per heavy atom. The Kier molecular flexibility index (Phi) is 7.30. The zero-order valence-corrected chi connectivity index (χ0v) is 16.3. The van der Waals surface area contributed by atoms with Gasteiger partial charge in [-0.3, -0.25) is 4.79 Å². The van der Waals surface area contributed by atoms with Crippen LogP contribution in [-0.2, 0) is 11.2 Å². The Bertz CT molecular complexity index is 750. The monoisotopic (exact) mass is 376 g/mol. The molecular formula is C20H25ClN2O3. The molecule has 5 nitrogen and oxygen atoms in total. The van der Waals surface area contributed by atoms with Gasteiger partial charge in [0.1, 0.15) is 11.5 Å². The largest absolute Gasteiger partial charge is 0.497 e. The SMILES string of the molecule is COc1cccc(C(CNC(=O)Cc2cc(Cl)ccc2OC)N(C)C)c1. The Hall–Kier alpha value is -2.24. The molecule has 1 N–H and O–H groups in total. The molecule has 2 aromatic rings. The van der Waals surface area contributed by atoms with Gasteiger partial charge >= 0.3 is 0 Å². The number of hydrogen-bond donors (Lipinski definition) is 1. The van der Waals surface area contributed by atoms with E-state index in [4.69, 9.17) is 21.1 Å². The van der Waals surface area contributed by atoms with Gasteiger partial charge in [-0.25, -0.2) is 0 Å². The highest BCUT2D eigenvalue weighted by Gasteiger charge is 2.17. The summed E-state index contributed by atoms with van der Waals surface area (Å²) in [5, 5.41) is 3.58. The van der Waals surface area contributed by atoms with E-state index in [1.165, 1.54) is 0 Å². The van der Waals surface area contributed by atoms with Crippen molar-refractivity contribution < 1.29 is 14.3 Å². The van der Waals surface area contributed by atoms with Crippen LogP contribution >= 0.6 is 11.6 Å². The second-order valence-corrected chi connectivity index (χ2v) is 6.63. The van der Waals surface area contributed by atoms with Crippen LogP contribution in [-0.4, -0.2) is 45.7 Å². The van der Waals surface area contributed by atoms with Crippen molar-refractivity contribution in [2.75, 3.05) is 34.9 Å². The highest BCUT2D eigenvalue weighted by atomic mass is 35.5. The predicted molar refractivity (Wildman–Crippen MR) is 104 cm³/mol. The van der Waals surface area contributed by atoms with E-state index in [-0.39, 0.29) is 18.4 Å². The number of ether oxygens (including phenoxy) is 2. The molecule has 0 saturated carbocycles. The van der Waals surface area contributed by atoms with Crippen LogP contribution in [0.15, 0.2) is 42.5 Å². The summed E-state index contributed by atoms with van der Waals surface area (Å²) in [5.74, 6) is 1.37. The molecule has 0 bridgehead atoms. The number of carbonyl (C=O) groups is 1. The van der Waals surface area contributed by atoms with E-state index < -0.39 is 0 Å². The lowest BCUT2D eigenvalue weighted by Gasteiger charge is -2.25. The van der Waals surface area contributed by atoms with Crippen LogP contribution in [0.25, 0.3) is 0 Å². The van der Waals surface area contributed by atoms with E-state index >= 15 is 0 Å². The van der Waals surface area contributed by atoms with E-state index in [9.17, 15) is 4.79 Å². The summed E-state index contributed by atoms with van der Waals surface area (Å²) in [4.78, 5) is 14.5. The van der Waals surface area contributed by atoms with Gasteiger partial charge in [0.05, 0.1) is 26.7 Å². The molecule has 140 valence electrons. The molecule has 1 unspecified atom stereocenters. The maximum Gasteiger partial charge on any atom is 0.224 e. The molecule has 1 amide bonds. The van der Waals surface area contributed by atoms with Gasteiger partial charge in [-0.2, -0.15) is 0 Å². The van der Waals surface area contributed by atoms with Crippen molar-refractivity contribution in [2.24, 2.45) is 0 Å². The fraction of sp³-hybridized carbons (Fsp3) is 0.350. The summed E-state index contributed by atoms with van der Waals surface area (Å²) in [5.41, 5.74) is 1.84. The lowest BCUT2D eigenvalue weighted by atomic mass is 10.1. The van der Waals surface area contributed by atoms with E-state index in [2.05, 4.69) is 10.2 Å². The van der Waals surface area contributed by atoms with Crippen molar-refractivity contribution in [3.05, 3.63) is 58.6 Å². The summed E-state index contributed by atoms with van der Waals surface area (Å²) in [6, 6.07) is 13.2. The zero-order valence-electron chi connectivity index (χ0n) is 15.6. The van der Waals surface area contributed by atoms with Gasteiger partial charge in [-0.15, -0.1) is 0 Å². The fourth-order valence-corrected chi connectivity index (χ4v) is 2.97. The van der Waals surface area contributed by atoms with Gasteiger partial charge in [0.25, 0.3) is 0 Å². The lowest BCUT2D eigenvalue weighted by molar-refractivity contribution is -0.120. The highest BCUT2D eigenvalue weighted by molar-refractivity contribution is 6.30. The quantitative estimate of drug-likeness (QED) is 0.767. The molecular weight excluding hydrogens is 352 g/mol. The summed E-state index contributed by atoms with van der Waals surface area (Å²) < 4.78 is 10.6. The highest BCUT2D eigenvalue weighted by Crippen LogP contribution is 2.24. The fourth-order valence-electron chi connectivity index (χ4n) is 2.78. The first-order valence-electron chi connectivity index (χ1n) is 8.34. The average molecular weight is 377 g/mol. The average Bonchev–Trinajstić information content (AvgIpc) is 2.62. The smallest absolute Gasteiger partial charge is 0.224 e. The normalized spacial score (nSPS) is 11.9. The second kappa shape index (κ2) is 9.46. The zero-order chi connectivity index (χ0) is 19.1. The Morgan fingerprint density at radius 1 is 1.15 bits per heavy atom. The number of halogens is 1. The number of nitrogens with one attached hydrogen (secondary N) is 1. The molecule has 0 aliphatic heterocycles. The number of nitrogens with zero attached hydrogens (tertiary/aromatic N) is 1. The predicted octanol–water partition coefficient (Wildman–Crippen LogP) is 3.32. The molecule has 0 saturated heterocycles. The topological polar surface area (TPSA) is 50.8 Å². The first kappa shape index (κ1) is 20.1. The minimum Gasteiger partial charge on any atom is -0.497 e. The molecule has 26 heavy (non-hydrogen) atoms. The number of hydrogen-bond acceptors (Lipinski definition) is 4. The van der Waals surface area contributed by atoms with Crippen molar-refractivity contribution in [1.29, 1.82) is 0 Å². The summed E-state index contributed by atoms with van der Waals surface area (Å²) in [7, 11) is 7.19. The first-order valence-corrected chi connectivity index (χ1v) is 8.72. The van der Waals surface area contributed by atoms with Crippen LogP contribution in [0, 0.1) is 0 Å². The van der Waals surface area contributed by atoms with E-state index in [1.54, 1.807) is 32.4 Å². The van der Waals surface area contributed by atoms with Crippen LogP contribution in [0.4, 0.5) is 0 Å². The van der Waals surface area contributed by atoms with Crippen LogP contribution in [0.3, 0.4) is 0 Å². The van der Waals surface area contributed by atoms with Gasteiger partial charge in [0.15, 0.2) is 0 Å². The number of methoxy groups -OCH3 is 2. The number of likely N-dealkylation sites (N-methyl/N-ethyl adjacent to an activating group) is 1. The molecule has 2 aromatic carbocycles. The van der Waals surface area contributed by atoms with Crippen LogP contribution in [0.2, 0.25) is 5.02 Å². The summed E-state index contributed by atoms with van der Waals surface area (Å²) in [6.45, 7) is 0.488. The number of amides is 1.